The molecule has 2 heterocycles. The highest BCUT2D eigenvalue weighted by Crippen LogP contribution is 2.24. The van der Waals surface area contributed by atoms with Gasteiger partial charge in [-0.3, -0.25) is 4.99 Å². The molecule has 0 aliphatic carbocycles. The Labute approximate surface area is 153 Å². The van der Waals surface area contributed by atoms with Crippen molar-refractivity contribution in [2.24, 2.45) is 10.9 Å². The summed E-state index contributed by atoms with van der Waals surface area (Å²) in [5.74, 6) is 0.101. The molecule has 0 bridgehead atoms. The summed E-state index contributed by atoms with van der Waals surface area (Å²) in [7, 11) is -2.92. The number of nitrogens with zero attached hydrogens (tertiary/aromatic N) is 2. The van der Waals surface area contributed by atoms with Gasteiger partial charge in [0.15, 0.2) is 15.8 Å². The van der Waals surface area contributed by atoms with Gasteiger partial charge >= 0.3 is 0 Å². The number of fused-ring (bicyclic) bond motifs is 1. The van der Waals surface area contributed by atoms with E-state index in [2.05, 4.69) is 10.3 Å². The Morgan fingerprint density at radius 2 is 2.19 bits per heavy atom. The summed E-state index contributed by atoms with van der Waals surface area (Å²) < 4.78 is 50.7. The largest absolute Gasteiger partial charge is 0.356 e. The molecule has 0 amide bonds. The van der Waals surface area contributed by atoms with Gasteiger partial charge in [0.25, 0.3) is 0 Å². The third-order valence-corrected chi connectivity index (χ3v) is 6.74. The van der Waals surface area contributed by atoms with Gasteiger partial charge in [0, 0.05) is 32.2 Å². The van der Waals surface area contributed by atoms with Crippen LogP contribution in [-0.2, 0) is 22.8 Å². The summed E-state index contributed by atoms with van der Waals surface area (Å²) >= 11 is 0. The Morgan fingerprint density at radius 3 is 2.88 bits per heavy atom. The predicted molar refractivity (Wildman–Crippen MR) is 97.8 cm³/mol. The van der Waals surface area contributed by atoms with E-state index < -0.39 is 21.5 Å². The minimum Gasteiger partial charge on any atom is -0.356 e. The first-order valence-corrected chi connectivity index (χ1v) is 10.9. The molecule has 0 spiro atoms. The van der Waals surface area contributed by atoms with Crippen LogP contribution < -0.4 is 5.32 Å². The monoisotopic (exact) mass is 385 g/mol. The van der Waals surface area contributed by atoms with Gasteiger partial charge in [-0.1, -0.05) is 6.92 Å². The Bertz CT molecular complexity index is 796. The normalized spacial score (nSPS) is 22.3. The number of rotatable bonds is 4. The zero-order chi connectivity index (χ0) is 18.7. The van der Waals surface area contributed by atoms with E-state index in [0.717, 1.165) is 19.0 Å². The first kappa shape index (κ1) is 19.1. The second-order valence-electron chi connectivity index (χ2n) is 7.06. The molecule has 1 unspecified atom stereocenters. The van der Waals surface area contributed by atoms with Gasteiger partial charge < -0.3 is 10.2 Å². The third-order valence-electron chi connectivity index (χ3n) is 4.90. The maximum absolute atomic E-state index is 13.9. The van der Waals surface area contributed by atoms with Crippen molar-refractivity contribution >= 4 is 15.8 Å². The summed E-state index contributed by atoms with van der Waals surface area (Å²) in [5.41, 5.74) is 1.21. The molecular weight excluding hydrogens is 360 g/mol. The lowest BCUT2D eigenvalue weighted by molar-refractivity contribution is 0.368. The van der Waals surface area contributed by atoms with Crippen molar-refractivity contribution in [1.82, 2.24) is 10.2 Å². The van der Waals surface area contributed by atoms with Crippen LogP contribution in [0, 0.1) is 17.6 Å². The second-order valence-corrected chi connectivity index (χ2v) is 9.29. The lowest BCUT2D eigenvalue weighted by atomic mass is 9.99. The van der Waals surface area contributed by atoms with Crippen LogP contribution >= 0.6 is 0 Å². The number of hydrogen-bond donors (Lipinski definition) is 1. The van der Waals surface area contributed by atoms with Crippen LogP contribution in [0.3, 0.4) is 0 Å². The summed E-state index contributed by atoms with van der Waals surface area (Å²) in [4.78, 5) is 6.62. The Kier molecular flexibility index (Phi) is 5.79. The van der Waals surface area contributed by atoms with Crippen molar-refractivity contribution in [1.29, 1.82) is 0 Å². The molecule has 0 saturated carbocycles. The van der Waals surface area contributed by atoms with Crippen LogP contribution in [0.15, 0.2) is 17.1 Å². The van der Waals surface area contributed by atoms with Gasteiger partial charge in [0.05, 0.1) is 11.5 Å². The van der Waals surface area contributed by atoms with E-state index in [9.17, 15) is 17.2 Å². The molecule has 1 N–H and O–H groups in total. The lowest BCUT2D eigenvalue weighted by Gasteiger charge is -2.32. The average molecular weight is 385 g/mol. The Hall–Kier alpha value is -1.70. The van der Waals surface area contributed by atoms with Gasteiger partial charge in [-0.25, -0.2) is 17.2 Å². The van der Waals surface area contributed by atoms with Crippen LogP contribution in [0.5, 0.6) is 0 Å². The number of halogens is 2. The van der Waals surface area contributed by atoms with Crippen molar-refractivity contribution < 1.29 is 17.2 Å². The molecule has 1 atom stereocenters. The molecule has 26 heavy (non-hydrogen) atoms. The molecule has 1 aromatic carbocycles. The number of aliphatic imine (C=N–C) groups is 1. The maximum Gasteiger partial charge on any atom is 0.194 e. The van der Waals surface area contributed by atoms with Crippen LogP contribution in [0.1, 0.15) is 30.9 Å². The summed E-state index contributed by atoms with van der Waals surface area (Å²) in [6.07, 6.45) is 2.06. The smallest absolute Gasteiger partial charge is 0.194 e. The molecule has 1 fully saturated rings. The molecule has 2 aliphatic heterocycles. The van der Waals surface area contributed by atoms with E-state index in [1.54, 1.807) is 0 Å². The fourth-order valence-electron chi connectivity index (χ4n) is 3.53. The standard InChI is InChI=1S/C18H25F2N3O2S/c1-2-5-21-18(22-10-13-4-7-26(24,25)12-13)23-6-3-16-14(11-23)8-15(19)9-17(16)20/h8-9,13H,2-7,10-12H2,1H3,(H,21,22). The highest BCUT2D eigenvalue weighted by Gasteiger charge is 2.28. The number of guanidine groups is 1. The molecular formula is C18H25F2N3O2S. The van der Waals surface area contributed by atoms with E-state index in [1.807, 2.05) is 11.8 Å². The maximum atomic E-state index is 13.9. The quantitative estimate of drug-likeness (QED) is 0.637. The minimum absolute atomic E-state index is 0.0467. The Balaban J connectivity index is 1.74. The van der Waals surface area contributed by atoms with Gasteiger partial charge in [-0.2, -0.15) is 0 Å². The molecule has 5 nitrogen and oxygen atoms in total. The van der Waals surface area contributed by atoms with Crippen molar-refractivity contribution in [2.45, 2.75) is 32.7 Å². The van der Waals surface area contributed by atoms with Crippen molar-refractivity contribution in [3.05, 3.63) is 34.9 Å². The summed E-state index contributed by atoms with van der Waals surface area (Å²) in [6, 6.07) is 2.31. The van der Waals surface area contributed by atoms with E-state index in [4.69, 9.17) is 0 Å². The fourth-order valence-corrected chi connectivity index (χ4v) is 5.38. The molecule has 2 aliphatic rings. The van der Waals surface area contributed by atoms with E-state index in [-0.39, 0.29) is 17.4 Å². The van der Waals surface area contributed by atoms with Crippen LogP contribution in [0.4, 0.5) is 8.78 Å². The van der Waals surface area contributed by atoms with Gasteiger partial charge in [-0.15, -0.1) is 0 Å². The van der Waals surface area contributed by atoms with Crippen LogP contribution in [0.2, 0.25) is 0 Å². The molecule has 1 saturated heterocycles. The molecule has 0 aromatic heterocycles. The van der Waals surface area contributed by atoms with E-state index >= 15 is 0 Å². The lowest BCUT2D eigenvalue weighted by Crippen LogP contribution is -2.44. The summed E-state index contributed by atoms with van der Waals surface area (Å²) in [6.45, 7) is 4.22. The summed E-state index contributed by atoms with van der Waals surface area (Å²) in [5, 5.41) is 3.28. The Morgan fingerprint density at radius 1 is 1.38 bits per heavy atom. The van der Waals surface area contributed by atoms with Crippen molar-refractivity contribution in [3.8, 4) is 0 Å². The number of sulfone groups is 1. The molecule has 3 rings (SSSR count). The first-order chi connectivity index (χ1) is 12.4. The third kappa shape index (κ3) is 4.52. The molecule has 8 heteroatoms. The van der Waals surface area contributed by atoms with Crippen LogP contribution in [0.25, 0.3) is 0 Å². The molecule has 1 aromatic rings. The van der Waals surface area contributed by atoms with Crippen molar-refractivity contribution in [2.75, 3.05) is 31.1 Å². The van der Waals surface area contributed by atoms with Gasteiger partial charge in [0.2, 0.25) is 0 Å². The fraction of sp³-hybridized carbons (Fsp3) is 0.611. The molecule has 144 valence electrons. The second kappa shape index (κ2) is 7.90. The topological polar surface area (TPSA) is 61.8 Å². The van der Waals surface area contributed by atoms with Crippen molar-refractivity contribution in [3.63, 3.8) is 0 Å². The zero-order valence-electron chi connectivity index (χ0n) is 15.0. The zero-order valence-corrected chi connectivity index (χ0v) is 15.8. The SMILES string of the molecule is CCCNC(=NCC1CCS(=O)(=O)C1)N1CCc2c(F)cc(F)cc2C1. The highest BCUT2D eigenvalue weighted by atomic mass is 32.2. The predicted octanol–water partition coefficient (Wildman–Crippen LogP) is 2.11. The highest BCUT2D eigenvalue weighted by molar-refractivity contribution is 7.91. The molecule has 0 radical (unpaired) electrons. The van der Waals surface area contributed by atoms with Crippen LogP contribution in [-0.4, -0.2) is 50.4 Å². The number of hydrogen-bond acceptors (Lipinski definition) is 3. The van der Waals surface area contributed by atoms with E-state index in [1.165, 1.54) is 6.07 Å². The number of nitrogens with one attached hydrogen (secondary N) is 1. The van der Waals surface area contributed by atoms with E-state index in [0.29, 0.717) is 49.6 Å². The number of benzene rings is 1. The van der Waals surface area contributed by atoms with Gasteiger partial charge in [-0.05, 0) is 42.4 Å². The minimum atomic E-state index is -2.92. The first-order valence-electron chi connectivity index (χ1n) is 9.08. The average Bonchev–Trinajstić information content (AvgIpc) is 2.93. The van der Waals surface area contributed by atoms with Gasteiger partial charge in [0.1, 0.15) is 11.6 Å².